The van der Waals surface area contributed by atoms with E-state index in [1.807, 2.05) is 19.9 Å². The molecule has 1 unspecified atom stereocenters. The Bertz CT molecular complexity index is 505. The molecule has 0 radical (unpaired) electrons. The van der Waals surface area contributed by atoms with Crippen molar-refractivity contribution in [2.75, 3.05) is 5.32 Å². The van der Waals surface area contributed by atoms with Crippen molar-refractivity contribution in [1.82, 2.24) is 0 Å². The van der Waals surface area contributed by atoms with Gasteiger partial charge in [-0.3, -0.25) is 9.59 Å². The van der Waals surface area contributed by atoms with Gasteiger partial charge in [-0.15, -0.1) is 0 Å². The fourth-order valence-electron chi connectivity index (χ4n) is 2.00. The van der Waals surface area contributed by atoms with Crippen LogP contribution in [-0.4, -0.2) is 17.0 Å². The number of anilines is 1. The third-order valence-corrected chi connectivity index (χ3v) is 3.40. The Labute approximate surface area is 99.6 Å². The first-order valence-electron chi connectivity index (χ1n) is 5.52. The Morgan fingerprint density at radius 1 is 1.41 bits per heavy atom. The third-order valence-electron chi connectivity index (χ3n) is 3.40. The number of amides is 1. The van der Waals surface area contributed by atoms with Crippen LogP contribution in [0.2, 0.25) is 0 Å². The Kier molecular flexibility index (Phi) is 2.45. The molecule has 1 aliphatic rings. The highest BCUT2D eigenvalue weighted by Gasteiger charge is 2.38. The fraction of sp³-hybridized carbons (Fsp3) is 0.385. The monoisotopic (exact) mass is 233 g/mol. The third kappa shape index (κ3) is 1.69. The van der Waals surface area contributed by atoms with Crippen molar-refractivity contribution in [2.45, 2.75) is 32.1 Å². The van der Waals surface area contributed by atoms with Crippen LogP contribution in [0.5, 0.6) is 0 Å². The fourth-order valence-corrected chi connectivity index (χ4v) is 2.00. The lowest BCUT2D eigenvalue weighted by molar-refractivity contribution is -0.138. The summed E-state index contributed by atoms with van der Waals surface area (Å²) >= 11 is 0. The SMILES string of the molecule is CC(C(=O)O)c1ccc2c(c1)C(C)(C)C(=O)N2. The first-order valence-corrected chi connectivity index (χ1v) is 5.52. The standard InChI is InChI=1S/C13H15NO3/c1-7(11(15)16)8-4-5-10-9(6-8)13(2,3)12(17)14-10/h4-7H,1-3H3,(H,14,17)(H,15,16). The van der Waals surface area contributed by atoms with E-state index in [4.69, 9.17) is 5.11 Å². The molecular formula is C13H15NO3. The van der Waals surface area contributed by atoms with Crippen molar-refractivity contribution in [3.05, 3.63) is 29.3 Å². The van der Waals surface area contributed by atoms with Gasteiger partial charge in [-0.05, 0) is 38.0 Å². The summed E-state index contributed by atoms with van der Waals surface area (Å²) in [6.45, 7) is 5.31. The molecule has 0 bridgehead atoms. The van der Waals surface area contributed by atoms with Crippen molar-refractivity contribution in [1.29, 1.82) is 0 Å². The number of benzene rings is 1. The van der Waals surface area contributed by atoms with Crippen LogP contribution < -0.4 is 5.32 Å². The average molecular weight is 233 g/mol. The molecule has 0 fully saturated rings. The van der Waals surface area contributed by atoms with Gasteiger partial charge in [0, 0.05) is 5.69 Å². The molecule has 1 aromatic carbocycles. The van der Waals surface area contributed by atoms with E-state index in [9.17, 15) is 9.59 Å². The van der Waals surface area contributed by atoms with Gasteiger partial charge in [0.25, 0.3) is 0 Å². The van der Waals surface area contributed by atoms with Crippen molar-refractivity contribution in [3.63, 3.8) is 0 Å². The number of hydrogen-bond acceptors (Lipinski definition) is 2. The van der Waals surface area contributed by atoms with Gasteiger partial charge in [0.2, 0.25) is 5.91 Å². The summed E-state index contributed by atoms with van der Waals surface area (Å²) in [7, 11) is 0. The average Bonchev–Trinajstić information content (AvgIpc) is 2.49. The molecule has 0 aromatic heterocycles. The predicted octanol–water partition coefficient (Wildman–Crippen LogP) is 2.10. The van der Waals surface area contributed by atoms with E-state index in [1.54, 1.807) is 19.1 Å². The maximum Gasteiger partial charge on any atom is 0.310 e. The second kappa shape index (κ2) is 3.58. The van der Waals surface area contributed by atoms with E-state index >= 15 is 0 Å². The smallest absolute Gasteiger partial charge is 0.310 e. The summed E-state index contributed by atoms with van der Waals surface area (Å²) in [6, 6.07) is 5.34. The summed E-state index contributed by atoms with van der Waals surface area (Å²) in [5.41, 5.74) is 1.78. The minimum Gasteiger partial charge on any atom is -0.481 e. The van der Waals surface area contributed by atoms with Gasteiger partial charge in [0.1, 0.15) is 0 Å². The highest BCUT2D eigenvalue weighted by atomic mass is 16.4. The lowest BCUT2D eigenvalue weighted by Gasteiger charge is -2.16. The van der Waals surface area contributed by atoms with E-state index in [0.29, 0.717) is 0 Å². The lowest BCUT2D eigenvalue weighted by Crippen LogP contribution is -2.27. The molecule has 1 heterocycles. The number of hydrogen-bond donors (Lipinski definition) is 2. The number of aliphatic carboxylic acids is 1. The molecule has 4 nitrogen and oxygen atoms in total. The minimum atomic E-state index is -0.861. The first-order chi connectivity index (χ1) is 7.84. The summed E-state index contributed by atoms with van der Waals surface area (Å²) in [5.74, 6) is -1.47. The number of carboxylic acid groups (broad SMARTS) is 1. The van der Waals surface area contributed by atoms with Gasteiger partial charge in [0.05, 0.1) is 11.3 Å². The zero-order valence-electron chi connectivity index (χ0n) is 10.1. The van der Waals surface area contributed by atoms with Crippen molar-refractivity contribution in [3.8, 4) is 0 Å². The van der Waals surface area contributed by atoms with E-state index in [1.165, 1.54) is 0 Å². The molecule has 4 heteroatoms. The van der Waals surface area contributed by atoms with Gasteiger partial charge in [-0.1, -0.05) is 12.1 Å². The zero-order chi connectivity index (χ0) is 12.8. The van der Waals surface area contributed by atoms with E-state index in [-0.39, 0.29) is 5.91 Å². The number of fused-ring (bicyclic) bond motifs is 1. The van der Waals surface area contributed by atoms with Crippen LogP contribution in [0.4, 0.5) is 5.69 Å². The molecular weight excluding hydrogens is 218 g/mol. The van der Waals surface area contributed by atoms with Gasteiger partial charge in [-0.25, -0.2) is 0 Å². The first kappa shape index (κ1) is 11.6. The summed E-state index contributed by atoms with van der Waals surface area (Å²) in [5, 5.41) is 11.8. The quantitative estimate of drug-likeness (QED) is 0.822. The number of rotatable bonds is 2. The van der Waals surface area contributed by atoms with E-state index in [2.05, 4.69) is 5.32 Å². The van der Waals surface area contributed by atoms with Gasteiger partial charge >= 0.3 is 5.97 Å². The maximum absolute atomic E-state index is 11.7. The highest BCUT2D eigenvalue weighted by Crippen LogP contribution is 2.38. The minimum absolute atomic E-state index is 0.0485. The molecule has 0 spiro atoms. The molecule has 0 saturated carbocycles. The zero-order valence-corrected chi connectivity index (χ0v) is 10.1. The topological polar surface area (TPSA) is 66.4 Å². The molecule has 17 heavy (non-hydrogen) atoms. The molecule has 1 atom stereocenters. The van der Waals surface area contributed by atoms with Crippen LogP contribution in [0.15, 0.2) is 18.2 Å². The van der Waals surface area contributed by atoms with Gasteiger partial charge in [0.15, 0.2) is 0 Å². The number of carboxylic acids is 1. The lowest BCUT2D eigenvalue weighted by atomic mass is 9.84. The Balaban J connectivity index is 2.49. The van der Waals surface area contributed by atoms with Crippen molar-refractivity contribution < 1.29 is 14.7 Å². The van der Waals surface area contributed by atoms with E-state index < -0.39 is 17.3 Å². The maximum atomic E-state index is 11.7. The molecule has 0 saturated heterocycles. The predicted molar refractivity (Wildman–Crippen MR) is 64.1 cm³/mol. The number of carbonyl (C=O) groups is 2. The summed E-state index contributed by atoms with van der Waals surface area (Å²) in [4.78, 5) is 22.7. The van der Waals surface area contributed by atoms with Crippen molar-refractivity contribution >= 4 is 17.6 Å². The molecule has 1 aromatic rings. The number of carbonyl (C=O) groups excluding carboxylic acids is 1. The van der Waals surface area contributed by atoms with Crippen LogP contribution in [0.25, 0.3) is 0 Å². The van der Waals surface area contributed by atoms with Gasteiger partial charge < -0.3 is 10.4 Å². The molecule has 2 rings (SSSR count). The molecule has 2 N–H and O–H groups in total. The molecule has 1 amide bonds. The molecule has 1 aliphatic heterocycles. The molecule has 0 aliphatic carbocycles. The number of nitrogens with one attached hydrogen (secondary N) is 1. The van der Waals surface area contributed by atoms with Crippen LogP contribution in [0, 0.1) is 0 Å². The second-order valence-corrected chi connectivity index (χ2v) is 4.94. The Morgan fingerprint density at radius 2 is 2.06 bits per heavy atom. The van der Waals surface area contributed by atoms with Crippen LogP contribution in [-0.2, 0) is 15.0 Å². The van der Waals surface area contributed by atoms with Crippen LogP contribution in [0.3, 0.4) is 0 Å². The van der Waals surface area contributed by atoms with Crippen LogP contribution >= 0.6 is 0 Å². The second-order valence-electron chi connectivity index (χ2n) is 4.94. The summed E-state index contributed by atoms with van der Waals surface area (Å²) in [6.07, 6.45) is 0. The Morgan fingerprint density at radius 3 is 2.65 bits per heavy atom. The van der Waals surface area contributed by atoms with Gasteiger partial charge in [-0.2, -0.15) is 0 Å². The normalized spacial score (nSPS) is 18.4. The highest BCUT2D eigenvalue weighted by molar-refractivity contribution is 6.05. The molecule has 90 valence electrons. The van der Waals surface area contributed by atoms with Crippen LogP contribution in [0.1, 0.15) is 37.8 Å². The van der Waals surface area contributed by atoms with Crippen molar-refractivity contribution in [2.24, 2.45) is 0 Å². The summed E-state index contributed by atoms with van der Waals surface area (Å²) < 4.78 is 0. The van der Waals surface area contributed by atoms with E-state index in [0.717, 1.165) is 16.8 Å². The Hall–Kier alpha value is -1.84. The largest absolute Gasteiger partial charge is 0.481 e.